The van der Waals surface area contributed by atoms with Crippen LogP contribution in [0.5, 0.6) is 0 Å². The molecule has 1 aromatic rings. The molecule has 0 aliphatic rings. The van der Waals surface area contributed by atoms with Crippen molar-refractivity contribution in [2.45, 2.75) is 66.8 Å². The molecule has 1 heteroatoms. The predicted octanol–water partition coefficient (Wildman–Crippen LogP) is 5.15. The molecule has 0 aromatic heterocycles. The van der Waals surface area contributed by atoms with E-state index in [0.717, 1.165) is 13.0 Å². The van der Waals surface area contributed by atoms with Gasteiger partial charge < -0.3 is 0 Å². The van der Waals surface area contributed by atoms with Gasteiger partial charge >= 0.3 is 0 Å². The zero-order valence-corrected chi connectivity index (χ0v) is 12.6. The second-order valence-electron chi connectivity index (χ2n) is 5.39. The smallest absolute Gasteiger partial charge is 0.0644 e. The van der Waals surface area contributed by atoms with Crippen molar-refractivity contribution < 1.29 is 0 Å². The van der Waals surface area contributed by atoms with Crippen LogP contribution in [-0.2, 0) is 6.54 Å². The Kier molecular flexibility index (Phi) is 6.11. The molecule has 18 heavy (non-hydrogen) atoms. The highest BCUT2D eigenvalue weighted by Gasteiger charge is 2.03. The number of nitrogens with zero attached hydrogens (tertiary/aromatic N) is 1. The Bertz CT molecular complexity index is 393. The first-order chi connectivity index (χ1) is 8.54. The SMILES string of the molecule is CCCCCC(C)=NCc1c(C)cc(C)cc1C. The van der Waals surface area contributed by atoms with Crippen LogP contribution in [0.25, 0.3) is 0 Å². The van der Waals surface area contributed by atoms with Gasteiger partial charge in [0.25, 0.3) is 0 Å². The van der Waals surface area contributed by atoms with E-state index in [0.29, 0.717) is 0 Å². The summed E-state index contributed by atoms with van der Waals surface area (Å²) < 4.78 is 0. The van der Waals surface area contributed by atoms with Gasteiger partial charge in [0.1, 0.15) is 0 Å². The van der Waals surface area contributed by atoms with Crippen LogP contribution in [0, 0.1) is 20.8 Å². The van der Waals surface area contributed by atoms with Crippen LogP contribution in [0.1, 0.15) is 61.8 Å². The molecule has 0 aliphatic heterocycles. The van der Waals surface area contributed by atoms with Gasteiger partial charge in [-0.1, -0.05) is 37.5 Å². The van der Waals surface area contributed by atoms with Gasteiger partial charge in [-0.2, -0.15) is 0 Å². The summed E-state index contributed by atoms with van der Waals surface area (Å²) in [5.41, 5.74) is 6.78. The van der Waals surface area contributed by atoms with Gasteiger partial charge in [0.05, 0.1) is 6.54 Å². The van der Waals surface area contributed by atoms with Crippen LogP contribution in [0.4, 0.5) is 0 Å². The van der Waals surface area contributed by atoms with E-state index in [2.05, 4.69) is 46.8 Å². The Balaban J connectivity index is 2.65. The number of benzene rings is 1. The molecule has 0 spiro atoms. The average molecular weight is 245 g/mol. The van der Waals surface area contributed by atoms with Crippen LogP contribution in [0.15, 0.2) is 17.1 Å². The molecule has 0 amide bonds. The molecule has 0 saturated heterocycles. The van der Waals surface area contributed by atoms with Gasteiger partial charge in [-0.25, -0.2) is 0 Å². The summed E-state index contributed by atoms with van der Waals surface area (Å²) in [5, 5.41) is 0. The van der Waals surface area contributed by atoms with E-state index < -0.39 is 0 Å². The maximum absolute atomic E-state index is 4.73. The Morgan fingerprint density at radius 2 is 1.67 bits per heavy atom. The summed E-state index contributed by atoms with van der Waals surface area (Å²) in [6.07, 6.45) is 5.02. The number of unbranched alkanes of at least 4 members (excludes halogenated alkanes) is 2. The van der Waals surface area contributed by atoms with Crippen molar-refractivity contribution in [3.63, 3.8) is 0 Å². The van der Waals surface area contributed by atoms with Gasteiger partial charge in [-0.05, 0) is 57.2 Å². The molecule has 0 atom stereocenters. The van der Waals surface area contributed by atoms with Crippen molar-refractivity contribution in [2.75, 3.05) is 0 Å². The summed E-state index contributed by atoms with van der Waals surface area (Å²) in [6, 6.07) is 4.51. The fourth-order valence-electron chi connectivity index (χ4n) is 2.38. The van der Waals surface area contributed by atoms with Crippen LogP contribution >= 0.6 is 0 Å². The number of hydrogen-bond acceptors (Lipinski definition) is 1. The normalized spacial score (nSPS) is 11.9. The quantitative estimate of drug-likeness (QED) is 0.485. The molecule has 0 radical (unpaired) electrons. The van der Waals surface area contributed by atoms with Crippen LogP contribution in [0.2, 0.25) is 0 Å². The first-order valence-corrected chi connectivity index (χ1v) is 7.11. The van der Waals surface area contributed by atoms with Crippen molar-refractivity contribution in [3.05, 3.63) is 34.4 Å². The minimum atomic E-state index is 0.843. The van der Waals surface area contributed by atoms with Gasteiger partial charge in [0.2, 0.25) is 0 Å². The van der Waals surface area contributed by atoms with E-state index in [-0.39, 0.29) is 0 Å². The van der Waals surface area contributed by atoms with Gasteiger partial charge in [-0.15, -0.1) is 0 Å². The first kappa shape index (κ1) is 14.9. The predicted molar refractivity (Wildman–Crippen MR) is 81.6 cm³/mol. The molecule has 0 fully saturated rings. The minimum Gasteiger partial charge on any atom is -0.290 e. The zero-order chi connectivity index (χ0) is 13.5. The van der Waals surface area contributed by atoms with E-state index in [1.165, 1.54) is 47.2 Å². The number of rotatable bonds is 6. The standard InChI is InChI=1S/C17H27N/c1-6-7-8-9-16(5)18-12-17-14(3)10-13(2)11-15(17)4/h10-11H,6-9,12H2,1-5H3. The molecular formula is C17H27N. The monoisotopic (exact) mass is 245 g/mol. The lowest BCUT2D eigenvalue weighted by Gasteiger charge is -2.09. The highest BCUT2D eigenvalue weighted by Crippen LogP contribution is 2.17. The maximum atomic E-state index is 4.73. The molecule has 0 unspecified atom stereocenters. The summed E-state index contributed by atoms with van der Waals surface area (Å²) >= 11 is 0. The summed E-state index contributed by atoms with van der Waals surface area (Å²) in [7, 11) is 0. The Labute approximate surface area is 112 Å². The zero-order valence-electron chi connectivity index (χ0n) is 12.6. The second-order valence-corrected chi connectivity index (χ2v) is 5.39. The van der Waals surface area contributed by atoms with E-state index in [1.807, 2.05) is 0 Å². The molecule has 1 nitrogen and oxygen atoms in total. The molecule has 1 rings (SSSR count). The van der Waals surface area contributed by atoms with E-state index in [9.17, 15) is 0 Å². The van der Waals surface area contributed by atoms with Crippen molar-refractivity contribution in [1.29, 1.82) is 0 Å². The summed E-state index contributed by atoms with van der Waals surface area (Å²) in [4.78, 5) is 4.73. The molecule has 0 saturated carbocycles. The average Bonchev–Trinajstić information content (AvgIpc) is 2.27. The van der Waals surface area contributed by atoms with E-state index in [4.69, 9.17) is 4.99 Å². The Morgan fingerprint density at radius 3 is 2.22 bits per heavy atom. The lowest BCUT2D eigenvalue weighted by Crippen LogP contribution is -1.97. The third-order valence-corrected chi connectivity index (χ3v) is 3.49. The lowest BCUT2D eigenvalue weighted by molar-refractivity contribution is 0.739. The van der Waals surface area contributed by atoms with Gasteiger partial charge in [0, 0.05) is 5.71 Å². The second kappa shape index (κ2) is 7.35. The highest BCUT2D eigenvalue weighted by atomic mass is 14.7. The minimum absolute atomic E-state index is 0.843. The molecule has 0 aliphatic carbocycles. The van der Waals surface area contributed by atoms with E-state index in [1.54, 1.807) is 0 Å². The number of aliphatic imine (C=N–C) groups is 1. The van der Waals surface area contributed by atoms with Crippen LogP contribution in [-0.4, -0.2) is 5.71 Å². The Hall–Kier alpha value is -1.11. The van der Waals surface area contributed by atoms with Crippen molar-refractivity contribution in [2.24, 2.45) is 4.99 Å². The third-order valence-electron chi connectivity index (χ3n) is 3.49. The van der Waals surface area contributed by atoms with Crippen molar-refractivity contribution >= 4 is 5.71 Å². The largest absolute Gasteiger partial charge is 0.290 e. The first-order valence-electron chi connectivity index (χ1n) is 7.11. The fourth-order valence-corrected chi connectivity index (χ4v) is 2.38. The van der Waals surface area contributed by atoms with E-state index >= 15 is 0 Å². The molecule has 0 bridgehead atoms. The highest BCUT2D eigenvalue weighted by molar-refractivity contribution is 5.81. The fraction of sp³-hybridized carbons (Fsp3) is 0.588. The Morgan fingerprint density at radius 1 is 1.06 bits per heavy atom. The topological polar surface area (TPSA) is 12.4 Å². The maximum Gasteiger partial charge on any atom is 0.0644 e. The number of hydrogen-bond donors (Lipinski definition) is 0. The molecule has 0 heterocycles. The molecule has 0 N–H and O–H groups in total. The third kappa shape index (κ3) is 4.64. The van der Waals surface area contributed by atoms with Crippen molar-refractivity contribution in [3.8, 4) is 0 Å². The van der Waals surface area contributed by atoms with Gasteiger partial charge in [-0.3, -0.25) is 4.99 Å². The summed E-state index contributed by atoms with van der Waals surface area (Å²) in [6.45, 7) is 11.8. The van der Waals surface area contributed by atoms with Crippen LogP contribution in [0.3, 0.4) is 0 Å². The molecule has 100 valence electrons. The number of aryl methyl sites for hydroxylation is 3. The lowest BCUT2D eigenvalue weighted by atomic mass is 10.00. The summed E-state index contributed by atoms with van der Waals surface area (Å²) in [5.74, 6) is 0. The van der Waals surface area contributed by atoms with Crippen molar-refractivity contribution in [1.82, 2.24) is 0 Å². The molecule has 1 aromatic carbocycles. The van der Waals surface area contributed by atoms with Crippen LogP contribution < -0.4 is 0 Å². The molecular weight excluding hydrogens is 218 g/mol. The van der Waals surface area contributed by atoms with Gasteiger partial charge in [0.15, 0.2) is 0 Å².